The smallest absolute Gasteiger partial charge is 0.378 e. The molecule has 33 heavy (non-hydrogen) atoms. The molecule has 0 radical (unpaired) electrons. The summed E-state index contributed by atoms with van der Waals surface area (Å²) < 4.78 is 196. The van der Waals surface area contributed by atoms with E-state index in [9.17, 15) is 65.5 Å². The number of hydrogen-bond acceptors (Lipinski definition) is 4. The van der Waals surface area contributed by atoms with Gasteiger partial charge >= 0.3 is 45.2 Å². The Labute approximate surface area is 176 Å². The number of rotatable bonds is 8. The zero-order chi connectivity index (χ0) is 26.7. The Morgan fingerprint density at radius 3 is 1.36 bits per heavy atom. The molecule has 1 rings (SSSR count). The van der Waals surface area contributed by atoms with Crippen molar-refractivity contribution in [2.24, 2.45) is 5.73 Å². The van der Waals surface area contributed by atoms with E-state index in [0.717, 1.165) is 12.1 Å². The summed E-state index contributed by atoms with van der Waals surface area (Å²) >= 11 is 0. The zero-order valence-electron chi connectivity index (χ0n) is 15.9. The van der Waals surface area contributed by atoms with Crippen molar-refractivity contribution in [3.63, 3.8) is 0 Å². The molecule has 0 saturated heterocycles. The van der Waals surface area contributed by atoms with Crippen molar-refractivity contribution in [3.8, 4) is 5.75 Å². The maximum atomic E-state index is 13.8. The van der Waals surface area contributed by atoms with Crippen molar-refractivity contribution in [1.29, 1.82) is 0 Å². The maximum absolute atomic E-state index is 13.8. The first kappa shape index (κ1) is 29.1. The molecule has 1 aromatic carbocycles. The van der Waals surface area contributed by atoms with E-state index >= 15 is 0 Å². The second-order valence-electron chi connectivity index (χ2n) is 7.10. The lowest BCUT2D eigenvalue weighted by Crippen LogP contribution is -2.71. The van der Waals surface area contributed by atoms with Crippen molar-refractivity contribution in [1.82, 2.24) is 0 Å². The van der Waals surface area contributed by atoms with Gasteiger partial charge in [0.15, 0.2) is 0 Å². The Morgan fingerprint density at radius 2 is 1.03 bits per heavy atom. The second-order valence-corrected chi connectivity index (χ2v) is 8.68. The fourth-order valence-electron chi connectivity index (χ4n) is 2.03. The summed E-state index contributed by atoms with van der Waals surface area (Å²) in [7, 11) is -7.40. The van der Waals surface area contributed by atoms with Crippen LogP contribution in [0.4, 0.5) is 57.1 Å². The lowest BCUT2D eigenvalue weighted by Gasteiger charge is -2.38. The van der Waals surface area contributed by atoms with Crippen molar-refractivity contribution in [3.05, 3.63) is 29.8 Å². The fraction of sp³-hybridized carbons (Fsp3) is 0.600. The quantitative estimate of drug-likeness (QED) is 0.365. The van der Waals surface area contributed by atoms with Gasteiger partial charge in [0.05, 0.1) is 0 Å². The Balaban J connectivity index is 3.49. The van der Waals surface area contributed by atoms with Crippen LogP contribution in [0.15, 0.2) is 24.3 Å². The molecule has 0 aromatic heterocycles. The summed E-state index contributed by atoms with van der Waals surface area (Å²) in [4.78, 5) is 0. The Hall–Kier alpha value is -1.98. The van der Waals surface area contributed by atoms with Gasteiger partial charge in [-0.2, -0.15) is 65.5 Å². The third-order valence-corrected chi connectivity index (χ3v) is 5.32. The van der Waals surface area contributed by atoms with Gasteiger partial charge in [0, 0.05) is 5.54 Å². The maximum Gasteiger partial charge on any atom is 0.460 e. The highest BCUT2D eigenvalue weighted by molar-refractivity contribution is 7.88. The molecule has 2 N–H and O–H groups in total. The number of hydrogen-bond donors (Lipinski definition) is 1. The summed E-state index contributed by atoms with van der Waals surface area (Å²) in [5, 5.41) is -7.43. The largest absolute Gasteiger partial charge is 0.460 e. The third-order valence-electron chi connectivity index (χ3n) is 4.02. The molecule has 0 unspecified atom stereocenters. The third kappa shape index (κ3) is 4.42. The summed E-state index contributed by atoms with van der Waals surface area (Å²) in [6.45, 7) is 2.79. The topological polar surface area (TPSA) is 69.4 Å². The van der Waals surface area contributed by atoms with Crippen LogP contribution < -0.4 is 9.92 Å². The number of alkyl halides is 13. The van der Waals surface area contributed by atoms with Crippen LogP contribution in [0.25, 0.3) is 0 Å². The summed E-state index contributed by atoms with van der Waals surface area (Å²) in [5.41, 5.74) is 4.69. The monoisotopic (exact) mass is 533 g/mol. The van der Waals surface area contributed by atoms with Crippen molar-refractivity contribution >= 4 is 10.1 Å². The van der Waals surface area contributed by atoms with Crippen LogP contribution in [-0.4, -0.2) is 43.5 Å². The van der Waals surface area contributed by atoms with Gasteiger partial charge in [-0.1, -0.05) is 12.1 Å². The molecule has 18 heteroatoms. The van der Waals surface area contributed by atoms with E-state index in [-0.39, 0.29) is 5.56 Å². The van der Waals surface area contributed by atoms with Crippen LogP contribution in [0.5, 0.6) is 5.75 Å². The van der Waals surface area contributed by atoms with Gasteiger partial charge in [-0.25, -0.2) is 0 Å². The summed E-state index contributed by atoms with van der Waals surface area (Å²) in [6, 6.07) is 2.79. The van der Waals surface area contributed by atoms with Gasteiger partial charge in [0.2, 0.25) is 0 Å². The van der Waals surface area contributed by atoms with Crippen LogP contribution in [0.1, 0.15) is 19.4 Å². The molecular weight excluding hydrogens is 521 g/mol. The van der Waals surface area contributed by atoms with Gasteiger partial charge in [-0.3, -0.25) is 0 Å². The van der Waals surface area contributed by atoms with Crippen LogP contribution >= 0.6 is 0 Å². The Bertz CT molecular complexity index is 964. The highest BCUT2D eigenvalue weighted by Crippen LogP contribution is 2.61. The van der Waals surface area contributed by atoms with Crippen LogP contribution in [-0.2, 0) is 15.7 Å². The molecule has 0 amide bonds. The van der Waals surface area contributed by atoms with Crippen LogP contribution in [0.2, 0.25) is 0 Å². The van der Waals surface area contributed by atoms with E-state index in [4.69, 9.17) is 5.73 Å². The molecule has 0 bridgehead atoms. The fourth-order valence-corrected chi connectivity index (χ4v) is 2.94. The molecule has 192 valence electrons. The van der Waals surface area contributed by atoms with Gasteiger partial charge in [-0.15, -0.1) is 0 Å². The molecule has 0 aliphatic rings. The van der Waals surface area contributed by atoms with Gasteiger partial charge < -0.3 is 9.92 Å². The Kier molecular flexibility index (Phi) is 6.85. The molecule has 0 atom stereocenters. The molecule has 0 aliphatic carbocycles. The summed E-state index contributed by atoms with van der Waals surface area (Å²) in [5.74, 6) is -33.8. The number of benzene rings is 1. The van der Waals surface area contributed by atoms with E-state index in [2.05, 4.69) is 4.18 Å². The minimum absolute atomic E-state index is 0.171. The van der Waals surface area contributed by atoms with E-state index < -0.39 is 56.5 Å². The van der Waals surface area contributed by atoms with Gasteiger partial charge in [0.25, 0.3) is 0 Å². The first-order valence-electron chi connectivity index (χ1n) is 7.98. The van der Waals surface area contributed by atoms with E-state index in [0.29, 0.717) is 12.1 Å². The SMILES string of the molecule is CC(C)(N)c1ccc(OS(=O)(=O)C(F)(F)C(F)(F)C(F)(F)C(F)(F)C(F)(F)C(F)(F)F)cc1. The predicted octanol–water partition coefficient (Wildman–Crippen LogP) is 5.29. The second kappa shape index (κ2) is 7.78. The van der Waals surface area contributed by atoms with Crippen LogP contribution in [0.3, 0.4) is 0 Å². The predicted molar refractivity (Wildman–Crippen MR) is 84.0 cm³/mol. The minimum atomic E-state index is -8.26. The minimum Gasteiger partial charge on any atom is -0.378 e. The molecule has 0 heterocycles. The first-order chi connectivity index (χ1) is 14.2. The molecule has 0 saturated carbocycles. The highest BCUT2D eigenvalue weighted by atomic mass is 32.2. The Morgan fingerprint density at radius 1 is 0.667 bits per heavy atom. The number of nitrogens with two attached hydrogens (primary N) is 1. The lowest BCUT2D eigenvalue weighted by atomic mass is 9.96. The van der Waals surface area contributed by atoms with E-state index in [1.54, 1.807) is 0 Å². The molecule has 4 nitrogen and oxygen atoms in total. The first-order valence-corrected chi connectivity index (χ1v) is 9.38. The van der Waals surface area contributed by atoms with E-state index in [1.807, 2.05) is 0 Å². The summed E-state index contributed by atoms with van der Waals surface area (Å²) in [6.07, 6.45) is -7.61. The zero-order valence-corrected chi connectivity index (χ0v) is 16.7. The molecular formula is C15H12F13NO3S. The normalized spacial score (nSPS) is 15.5. The average molecular weight is 533 g/mol. The molecule has 1 aromatic rings. The standard InChI is InChI=1S/C15H12F13NO3S/c1-9(2,29)7-3-5-8(6-4-7)32-33(30,31)15(27,28)13(22,23)11(18,19)10(16,17)12(20,21)14(24,25)26/h3-6H,29H2,1-2H3. The number of halogens is 13. The molecule has 0 fully saturated rings. The highest BCUT2D eigenvalue weighted by Gasteiger charge is 2.93. The molecule has 0 spiro atoms. The van der Waals surface area contributed by atoms with Crippen molar-refractivity contribution < 1.29 is 69.7 Å². The average Bonchev–Trinajstić information content (AvgIpc) is 2.59. The van der Waals surface area contributed by atoms with Crippen molar-refractivity contribution in [2.75, 3.05) is 0 Å². The van der Waals surface area contributed by atoms with Gasteiger partial charge in [-0.05, 0) is 31.5 Å². The lowest BCUT2D eigenvalue weighted by molar-refractivity contribution is -0.433. The van der Waals surface area contributed by atoms with Crippen molar-refractivity contribution in [2.45, 2.75) is 54.5 Å². The van der Waals surface area contributed by atoms with E-state index in [1.165, 1.54) is 13.8 Å². The molecule has 0 aliphatic heterocycles. The van der Waals surface area contributed by atoms with Gasteiger partial charge in [0.1, 0.15) is 5.75 Å². The van der Waals surface area contributed by atoms with Crippen LogP contribution in [0, 0.1) is 0 Å².